The predicted octanol–water partition coefficient (Wildman–Crippen LogP) is 1.51. The van der Waals surface area contributed by atoms with Crippen molar-refractivity contribution in [3.05, 3.63) is 23.0 Å². The molecule has 2 heteroatoms. The molecule has 0 fully saturated rings. The van der Waals surface area contributed by atoms with Gasteiger partial charge in [0.2, 0.25) is 0 Å². The molecule has 0 aliphatic carbocycles. The largest absolute Gasteiger partial charge is 0.225 e. The molecule has 0 saturated heterocycles. The van der Waals surface area contributed by atoms with Gasteiger partial charge in [-0.3, -0.25) is 0 Å². The van der Waals surface area contributed by atoms with Crippen molar-refractivity contribution in [1.82, 2.24) is 0 Å². The fourth-order valence-corrected chi connectivity index (χ4v) is 0.976. The minimum absolute atomic E-state index is 0.826. The summed E-state index contributed by atoms with van der Waals surface area (Å²) < 4.78 is 8.62. The Kier molecular flexibility index (Phi) is 0.825. The van der Waals surface area contributed by atoms with Gasteiger partial charge in [0.1, 0.15) is 0 Å². The number of hydrogen-bond acceptors (Lipinski definition) is 1. The van der Waals surface area contributed by atoms with Crippen LogP contribution in [-0.2, 0) is 0 Å². The lowest BCUT2D eigenvalue weighted by molar-refractivity contribution is 1.66. The van der Waals surface area contributed by atoms with E-state index in [0.717, 1.165) is 0 Å². The highest BCUT2D eigenvalue weighted by atomic mass is 32.2. The Morgan fingerprint density at radius 2 is 1.67 bits per heavy atom. The molecule has 0 N–H and O–H groups in total. The Morgan fingerprint density at radius 3 is 1.83 bits per heavy atom. The second kappa shape index (κ2) is 1.33. The molecule has 0 aromatic rings. The Balaban J connectivity index is 2.96. The van der Waals surface area contributed by atoms with Gasteiger partial charge in [0.05, 0.1) is 0 Å². The number of nitrogens with zero attached hydrogens (tertiary/aromatic N) is 1. The topological polar surface area (TPSA) is 23.8 Å². The fraction of sp³-hybridized carbons (Fsp3) is 0. The van der Waals surface area contributed by atoms with E-state index >= 15 is 0 Å². The molecule has 32 valence electrons. The van der Waals surface area contributed by atoms with Crippen LogP contribution < -0.4 is 0 Å². The Labute approximate surface area is 38.9 Å². The minimum atomic E-state index is -0.826. The van der Waals surface area contributed by atoms with Crippen molar-refractivity contribution >= 4 is 10.5 Å². The van der Waals surface area contributed by atoms with Crippen molar-refractivity contribution in [3.8, 4) is 0 Å². The number of allylic oxidation sites excluding steroid dienone is 2. The molecule has 1 aliphatic heterocycles. The molecule has 0 amide bonds. The molecule has 6 heavy (non-hydrogen) atoms. The molecule has 0 aromatic carbocycles. The number of hydrogen-bond donors (Lipinski definition) is 1. The van der Waals surface area contributed by atoms with E-state index in [9.17, 15) is 0 Å². The van der Waals surface area contributed by atoms with Crippen LogP contribution in [0, 0.1) is 4.61 Å². The third-order valence-electron chi connectivity index (χ3n) is 0.589. The lowest BCUT2D eigenvalue weighted by Gasteiger charge is -1.65. The summed E-state index contributed by atoms with van der Waals surface area (Å²) in [4.78, 5) is 0. The summed E-state index contributed by atoms with van der Waals surface area (Å²) in [5.74, 6) is 0. The van der Waals surface area contributed by atoms with Gasteiger partial charge < -0.3 is 0 Å². The van der Waals surface area contributed by atoms with Crippen LogP contribution in [0.5, 0.6) is 0 Å². The first-order valence-electron chi connectivity index (χ1n) is 1.72. The van der Waals surface area contributed by atoms with E-state index < -0.39 is 10.5 Å². The molecule has 0 radical (unpaired) electrons. The van der Waals surface area contributed by atoms with Gasteiger partial charge in [-0.2, -0.15) is 0 Å². The van der Waals surface area contributed by atoms with Gasteiger partial charge in [-0.05, 0) is 21.3 Å². The molecule has 1 aliphatic rings. The van der Waals surface area contributed by atoms with E-state index in [0.29, 0.717) is 0 Å². The second-order valence-electron chi connectivity index (χ2n) is 1.06. The van der Waals surface area contributed by atoms with Crippen molar-refractivity contribution in [2.45, 2.75) is 0 Å². The molecule has 1 heterocycles. The van der Waals surface area contributed by atoms with E-state index in [4.69, 9.17) is 4.61 Å². The van der Waals surface area contributed by atoms with Crippen molar-refractivity contribution < 1.29 is 0 Å². The molecule has 1 rings (SSSR count). The Hall–Kier alpha value is -0.460. The van der Waals surface area contributed by atoms with Gasteiger partial charge >= 0.3 is 0 Å². The van der Waals surface area contributed by atoms with E-state index in [-0.39, 0.29) is 0 Å². The summed E-state index contributed by atoms with van der Waals surface area (Å²) in [6.45, 7) is 0. The van der Waals surface area contributed by atoms with Crippen LogP contribution in [0.1, 0.15) is 0 Å². The van der Waals surface area contributed by atoms with Gasteiger partial charge in [-0.1, -0.05) is 12.2 Å². The van der Waals surface area contributed by atoms with Crippen molar-refractivity contribution in [2.75, 3.05) is 0 Å². The summed E-state index contributed by atoms with van der Waals surface area (Å²) in [5, 5.41) is 3.57. The maximum Gasteiger partial charge on any atom is -0.0133 e. The molecule has 1 nitrogen and oxygen atoms in total. The first-order chi connectivity index (χ1) is 2.89. The third kappa shape index (κ3) is 0.534. The van der Waals surface area contributed by atoms with Crippen LogP contribution >= 0.6 is 10.5 Å². The van der Waals surface area contributed by atoms with Crippen LogP contribution in [0.25, 0.3) is 0 Å². The van der Waals surface area contributed by atoms with Crippen molar-refractivity contribution in [1.29, 1.82) is 4.61 Å². The van der Waals surface area contributed by atoms with E-state index in [2.05, 4.69) is 0 Å². The Morgan fingerprint density at radius 1 is 1.17 bits per heavy atom. The lowest BCUT2D eigenvalue weighted by atomic mass is 10.6. The molecule has 0 bridgehead atoms. The summed E-state index contributed by atoms with van der Waals surface area (Å²) in [6.07, 6.45) is 3.71. The SMILES string of the molecule is N#[SH]1C=CC=C1. The Bertz CT molecular complexity index is 142. The average Bonchev–Trinajstić information content (AvgIpc) is 1.86. The molecule has 0 spiro atoms. The molecular weight excluding hydrogens is 94.1 g/mol. The zero-order valence-electron chi connectivity index (χ0n) is 3.20. The molecule has 0 aromatic heterocycles. The summed E-state index contributed by atoms with van der Waals surface area (Å²) >= 11 is 0. The zero-order chi connectivity index (χ0) is 4.41. The van der Waals surface area contributed by atoms with E-state index in [1.165, 1.54) is 0 Å². The highest BCUT2D eigenvalue weighted by Crippen LogP contribution is 2.15. The van der Waals surface area contributed by atoms with Crippen LogP contribution in [-0.4, -0.2) is 0 Å². The van der Waals surface area contributed by atoms with Crippen LogP contribution in [0.15, 0.2) is 23.0 Å². The van der Waals surface area contributed by atoms with Gasteiger partial charge in [0.25, 0.3) is 0 Å². The molecule has 0 unspecified atom stereocenters. The summed E-state index contributed by atoms with van der Waals surface area (Å²) in [6, 6.07) is 0. The summed E-state index contributed by atoms with van der Waals surface area (Å²) in [7, 11) is -0.826. The molecular formula is C4H5NS. The minimum Gasteiger partial charge on any atom is -0.225 e. The highest BCUT2D eigenvalue weighted by Gasteiger charge is 1.79. The lowest BCUT2D eigenvalue weighted by Crippen LogP contribution is -1.26. The van der Waals surface area contributed by atoms with Gasteiger partial charge in [0.15, 0.2) is 0 Å². The average molecular weight is 99.2 g/mol. The fourth-order valence-electron chi connectivity index (χ4n) is 0.325. The molecule has 0 atom stereocenters. The maximum absolute atomic E-state index is 8.62. The van der Waals surface area contributed by atoms with Gasteiger partial charge in [-0.15, -0.1) is 0 Å². The second-order valence-corrected chi connectivity index (χ2v) is 2.42. The number of rotatable bonds is 0. The smallest absolute Gasteiger partial charge is 0.0133 e. The summed E-state index contributed by atoms with van der Waals surface area (Å²) in [5.41, 5.74) is 0. The van der Waals surface area contributed by atoms with E-state index in [1.807, 2.05) is 12.2 Å². The first kappa shape index (κ1) is 3.72. The highest BCUT2D eigenvalue weighted by molar-refractivity contribution is 8.09. The van der Waals surface area contributed by atoms with Gasteiger partial charge in [-0.25, -0.2) is 4.61 Å². The van der Waals surface area contributed by atoms with Crippen molar-refractivity contribution in [2.24, 2.45) is 0 Å². The standard InChI is InChI=1S/C4H5NS/c5-6-3-1-2-4-6/h1-4,6H. The van der Waals surface area contributed by atoms with Crippen LogP contribution in [0.2, 0.25) is 0 Å². The van der Waals surface area contributed by atoms with Gasteiger partial charge in [0, 0.05) is 0 Å². The van der Waals surface area contributed by atoms with Crippen molar-refractivity contribution in [3.63, 3.8) is 0 Å². The normalized spacial score (nSPS) is 19.8. The maximum atomic E-state index is 8.62. The monoisotopic (exact) mass is 99.0 g/mol. The third-order valence-corrected chi connectivity index (χ3v) is 1.54. The zero-order valence-corrected chi connectivity index (χ0v) is 4.10. The predicted molar refractivity (Wildman–Crippen MR) is 29.0 cm³/mol. The van der Waals surface area contributed by atoms with Crippen LogP contribution in [0.3, 0.4) is 0 Å². The van der Waals surface area contributed by atoms with E-state index in [1.54, 1.807) is 10.8 Å². The molecule has 0 saturated carbocycles. The quantitative estimate of drug-likeness (QED) is 0.457. The van der Waals surface area contributed by atoms with Crippen LogP contribution in [0.4, 0.5) is 0 Å². The first-order valence-corrected chi connectivity index (χ1v) is 3.15. The number of thiol groups is 1.